The Hall–Kier alpha value is -1.51. The number of carbonyl (C=O) groups is 1. The lowest BCUT2D eigenvalue weighted by Crippen LogP contribution is -2.53. The molecule has 1 fully saturated rings. The highest BCUT2D eigenvalue weighted by Crippen LogP contribution is 2.49. The van der Waals surface area contributed by atoms with Gasteiger partial charge in [0.05, 0.1) is 12.5 Å². The molecule has 3 heteroatoms. The Bertz CT molecular complexity index is 523. The SMILES string of the molecule is CCNC(=O)[C@]1(c2ccc(OC)cc2)C[C@H](C)CC[C@H]1C(C)C. The van der Waals surface area contributed by atoms with Crippen LogP contribution in [0, 0.1) is 17.8 Å². The van der Waals surface area contributed by atoms with Crippen LogP contribution in [0.25, 0.3) is 0 Å². The number of carbonyl (C=O) groups excluding carboxylic acids is 1. The number of nitrogens with one attached hydrogen (secondary N) is 1. The van der Waals surface area contributed by atoms with Gasteiger partial charge in [-0.15, -0.1) is 0 Å². The Kier molecular flexibility index (Phi) is 5.72. The van der Waals surface area contributed by atoms with Crippen molar-refractivity contribution < 1.29 is 9.53 Å². The molecule has 1 aliphatic carbocycles. The van der Waals surface area contributed by atoms with Gasteiger partial charge in [-0.05, 0) is 55.2 Å². The van der Waals surface area contributed by atoms with Crippen molar-refractivity contribution in [3.8, 4) is 5.75 Å². The smallest absolute Gasteiger partial charge is 0.230 e. The first kappa shape index (κ1) is 17.8. The molecule has 1 aromatic rings. The Labute approximate surface area is 140 Å². The van der Waals surface area contributed by atoms with Gasteiger partial charge in [-0.25, -0.2) is 0 Å². The molecule has 0 bridgehead atoms. The number of hydrogen-bond donors (Lipinski definition) is 1. The molecule has 0 aliphatic heterocycles. The van der Waals surface area contributed by atoms with Gasteiger partial charge in [0.15, 0.2) is 0 Å². The zero-order valence-corrected chi connectivity index (χ0v) is 15.2. The molecule has 0 saturated heterocycles. The third-order valence-electron chi connectivity index (χ3n) is 5.43. The van der Waals surface area contributed by atoms with Gasteiger partial charge in [0.2, 0.25) is 5.91 Å². The van der Waals surface area contributed by atoms with Crippen molar-refractivity contribution in [2.45, 2.75) is 52.4 Å². The molecule has 1 saturated carbocycles. The third-order valence-corrected chi connectivity index (χ3v) is 5.43. The third kappa shape index (κ3) is 3.39. The van der Waals surface area contributed by atoms with E-state index < -0.39 is 5.41 Å². The lowest BCUT2D eigenvalue weighted by molar-refractivity contribution is -0.132. The predicted octanol–water partition coefficient (Wildman–Crippen LogP) is 4.16. The van der Waals surface area contributed by atoms with Gasteiger partial charge in [-0.2, -0.15) is 0 Å². The van der Waals surface area contributed by atoms with E-state index in [4.69, 9.17) is 4.74 Å². The molecular weight excluding hydrogens is 286 g/mol. The van der Waals surface area contributed by atoms with Crippen LogP contribution in [0.5, 0.6) is 5.75 Å². The number of ether oxygens (including phenoxy) is 1. The molecule has 1 aliphatic rings. The first-order chi connectivity index (χ1) is 11.0. The zero-order chi connectivity index (χ0) is 17.0. The maximum Gasteiger partial charge on any atom is 0.230 e. The molecule has 23 heavy (non-hydrogen) atoms. The maximum absolute atomic E-state index is 13.2. The summed E-state index contributed by atoms with van der Waals surface area (Å²) in [7, 11) is 1.67. The number of hydrogen-bond acceptors (Lipinski definition) is 2. The number of rotatable bonds is 5. The molecule has 0 aromatic heterocycles. The second-order valence-corrected chi connectivity index (χ2v) is 7.30. The van der Waals surface area contributed by atoms with E-state index in [1.807, 2.05) is 19.1 Å². The van der Waals surface area contributed by atoms with Crippen LogP contribution in [-0.4, -0.2) is 19.6 Å². The summed E-state index contributed by atoms with van der Waals surface area (Å²) >= 11 is 0. The molecule has 3 nitrogen and oxygen atoms in total. The van der Waals surface area contributed by atoms with Crippen LogP contribution in [0.4, 0.5) is 0 Å². The summed E-state index contributed by atoms with van der Waals surface area (Å²) in [5, 5.41) is 3.12. The Morgan fingerprint density at radius 2 is 1.96 bits per heavy atom. The quantitative estimate of drug-likeness (QED) is 0.885. The first-order valence-electron chi connectivity index (χ1n) is 8.88. The van der Waals surface area contributed by atoms with Crippen LogP contribution in [0.15, 0.2) is 24.3 Å². The highest BCUT2D eigenvalue weighted by molar-refractivity contribution is 5.89. The van der Waals surface area contributed by atoms with E-state index in [0.717, 1.165) is 24.2 Å². The molecular formula is C20H31NO2. The van der Waals surface area contributed by atoms with E-state index in [0.29, 0.717) is 24.3 Å². The highest BCUT2D eigenvalue weighted by Gasteiger charge is 2.50. The topological polar surface area (TPSA) is 38.3 Å². The van der Waals surface area contributed by atoms with Crippen LogP contribution in [-0.2, 0) is 10.2 Å². The van der Waals surface area contributed by atoms with E-state index in [9.17, 15) is 4.79 Å². The lowest BCUT2D eigenvalue weighted by atomic mass is 9.56. The minimum absolute atomic E-state index is 0.190. The molecule has 1 amide bonds. The van der Waals surface area contributed by atoms with Gasteiger partial charge in [-0.1, -0.05) is 39.3 Å². The van der Waals surface area contributed by atoms with E-state index in [-0.39, 0.29) is 5.91 Å². The molecule has 0 heterocycles. The van der Waals surface area contributed by atoms with Crippen molar-refractivity contribution in [1.82, 2.24) is 5.32 Å². The fraction of sp³-hybridized carbons (Fsp3) is 0.650. The van der Waals surface area contributed by atoms with Gasteiger partial charge in [-0.3, -0.25) is 4.79 Å². The summed E-state index contributed by atoms with van der Waals surface area (Å²) in [5.41, 5.74) is 0.711. The molecule has 0 spiro atoms. The summed E-state index contributed by atoms with van der Waals surface area (Å²) in [4.78, 5) is 13.2. The fourth-order valence-corrected chi connectivity index (χ4v) is 4.35. The normalized spacial score (nSPS) is 27.7. The molecule has 128 valence electrons. The van der Waals surface area contributed by atoms with Crippen molar-refractivity contribution in [2.75, 3.05) is 13.7 Å². The first-order valence-corrected chi connectivity index (χ1v) is 8.88. The molecule has 2 rings (SSSR count). The summed E-state index contributed by atoms with van der Waals surface area (Å²) in [6.45, 7) is 9.44. The molecule has 0 radical (unpaired) electrons. The van der Waals surface area contributed by atoms with Crippen LogP contribution in [0.1, 0.15) is 52.5 Å². The minimum atomic E-state index is -0.423. The van der Waals surface area contributed by atoms with Crippen LogP contribution in [0.3, 0.4) is 0 Å². The summed E-state index contributed by atoms with van der Waals surface area (Å²) in [6, 6.07) is 8.13. The molecule has 1 aromatic carbocycles. The molecule has 0 unspecified atom stereocenters. The van der Waals surface area contributed by atoms with Crippen molar-refractivity contribution >= 4 is 5.91 Å². The second-order valence-electron chi connectivity index (χ2n) is 7.30. The molecule has 3 atom stereocenters. The molecule has 1 N–H and O–H groups in total. The average molecular weight is 317 g/mol. The van der Waals surface area contributed by atoms with E-state index in [2.05, 4.69) is 38.2 Å². The number of amides is 1. The predicted molar refractivity (Wildman–Crippen MR) is 94.7 cm³/mol. The Morgan fingerprint density at radius 1 is 1.30 bits per heavy atom. The minimum Gasteiger partial charge on any atom is -0.497 e. The van der Waals surface area contributed by atoms with E-state index in [1.165, 1.54) is 6.42 Å². The maximum atomic E-state index is 13.2. The average Bonchev–Trinajstić information content (AvgIpc) is 2.54. The zero-order valence-electron chi connectivity index (χ0n) is 15.2. The second kappa shape index (κ2) is 7.37. The van der Waals surface area contributed by atoms with Crippen LogP contribution in [0.2, 0.25) is 0 Å². The van der Waals surface area contributed by atoms with Crippen molar-refractivity contribution in [1.29, 1.82) is 0 Å². The highest BCUT2D eigenvalue weighted by atomic mass is 16.5. The monoisotopic (exact) mass is 317 g/mol. The van der Waals surface area contributed by atoms with Gasteiger partial charge >= 0.3 is 0 Å². The van der Waals surface area contributed by atoms with E-state index >= 15 is 0 Å². The van der Waals surface area contributed by atoms with Gasteiger partial charge in [0.25, 0.3) is 0 Å². The fourth-order valence-electron chi connectivity index (χ4n) is 4.35. The Morgan fingerprint density at radius 3 is 2.48 bits per heavy atom. The van der Waals surface area contributed by atoms with E-state index in [1.54, 1.807) is 7.11 Å². The summed E-state index contributed by atoms with van der Waals surface area (Å²) in [5.74, 6) is 2.45. The lowest BCUT2D eigenvalue weighted by Gasteiger charge is -2.47. The van der Waals surface area contributed by atoms with Crippen molar-refractivity contribution in [3.63, 3.8) is 0 Å². The summed E-state index contributed by atoms with van der Waals surface area (Å²) < 4.78 is 5.29. The number of likely N-dealkylation sites (N-methyl/N-ethyl adjacent to an activating group) is 1. The summed E-state index contributed by atoms with van der Waals surface area (Å²) in [6.07, 6.45) is 3.25. The van der Waals surface area contributed by atoms with Crippen molar-refractivity contribution in [2.24, 2.45) is 17.8 Å². The van der Waals surface area contributed by atoms with Gasteiger partial charge in [0.1, 0.15) is 5.75 Å². The van der Waals surface area contributed by atoms with Crippen LogP contribution >= 0.6 is 0 Å². The number of benzene rings is 1. The Balaban J connectivity index is 2.54. The van der Waals surface area contributed by atoms with Gasteiger partial charge < -0.3 is 10.1 Å². The van der Waals surface area contributed by atoms with Crippen molar-refractivity contribution in [3.05, 3.63) is 29.8 Å². The van der Waals surface area contributed by atoms with Gasteiger partial charge in [0, 0.05) is 6.54 Å². The largest absolute Gasteiger partial charge is 0.497 e. The number of methoxy groups -OCH3 is 1. The standard InChI is InChI=1S/C20H31NO2/c1-6-21-19(22)20(16-8-10-17(23-5)11-9-16)13-15(4)7-12-18(20)14(2)3/h8-11,14-15,18H,6-7,12-13H2,1-5H3,(H,21,22)/t15-,18+,20+/m1/s1. The van der Waals surface area contributed by atoms with Crippen LogP contribution < -0.4 is 10.1 Å².